The van der Waals surface area contributed by atoms with Gasteiger partial charge in [0.25, 0.3) is 0 Å². The first-order valence-electron chi connectivity index (χ1n) is 6.02. The molecule has 0 saturated heterocycles. The number of benzene rings is 1. The van der Waals surface area contributed by atoms with Crippen molar-refractivity contribution in [2.75, 3.05) is 25.0 Å². The molecule has 2 heteroatoms. The molecule has 0 bridgehead atoms. The highest BCUT2D eigenvalue weighted by molar-refractivity contribution is 5.50. The van der Waals surface area contributed by atoms with Crippen LogP contribution in [0, 0.1) is 13.8 Å². The zero-order valence-corrected chi connectivity index (χ0v) is 11.2. The molecule has 0 saturated carbocycles. The summed E-state index contributed by atoms with van der Waals surface area (Å²) in [5.74, 6) is 0. The van der Waals surface area contributed by atoms with Crippen molar-refractivity contribution in [1.29, 1.82) is 0 Å². The Labute approximate surface area is 99.7 Å². The number of aryl methyl sites for hydroxylation is 2. The van der Waals surface area contributed by atoms with E-state index in [0.717, 1.165) is 13.1 Å². The van der Waals surface area contributed by atoms with Crippen LogP contribution in [0.4, 0.5) is 5.69 Å². The molecule has 0 atom stereocenters. The molecule has 0 spiro atoms. The average Bonchev–Trinajstić information content (AvgIpc) is 2.15. The zero-order chi connectivity index (χ0) is 12.1. The van der Waals surface area contributed by atoms with Crippen LogP contribution in [0.1, 0.15) is 25.0 Å². The van der Waals surface area contributed by atoms with Gasteiger partial charge in [-0.3, -0.25) is 0 Å². The molecular weight excluding hydrogens is 196 g/mol. The molecule has 0 aliphatic rings. The highest BCUT2D eigenvalue weighted by Crippen LogP contribution is 2.16. The Morgan fingerprint density at radius 1 is 1.12 bits per heavy atom. The van der Waals surface area contributed by atoms with E-state index >= 15 is 0 Å². The van der Waals surface area contributed by atoms with E-state index in [4.69, 9.17) is 0 Å². The maximum atomic E-state index is 3.43. The Morgan fingerprint density at radius 2 is 1.69 bits per heavy atom. The predicted octanol–water partition coefficient (Wildman–Crippen LogP) is 2.74. The SMILES string of the molecule is Cc1cc(C)cc(N(C)CCNC(C)C)c1. The Bertz CT molecular complexity index is 311. The second kappa shape index (κ2) is 5.90. The Balaban J connectivity index is 2.55. The van der Waals surface area contributed by atoms with Gasteiger partial charge in [0, 0.05) is 31.9 Å². The summed E-state index contributed by atoms with van der Waals surface area (Å²) in [7, 11) is 2.15. The number of nitrogens with zero attached hydrogens (tertiary/aromatic N) is 1. The number of likely N-dealkylation sites (N-methyl/N-ethyl adjacent to an activating group) is 1. The first kappa shape index (κ1) is 13.0. The van der Waals surface area contributed by atoms with Crippen molar-refractivity contribution in [1.82, 2.24) is 5.32 Å². The topological polar surface area (TPSA) is 15.3 Å². The summed E-state index contributed by atoms with van der Waals surface area (Å²) in [6, 6.07) is 7.25. The van der Waals surface area contributed by atoms with Crippen molar-refractivity contribution in [2.45, 2.75) is 33.7 Å². The van der Waals surface area contributed by atoms with E-state index in [1.54, 1.807) is 0 Å². The lowest BCUT2D eigenvalue weighted by Gasteiger charge is -2.21. The molecular formula is C14H24N2. The van der Waals surface area contributed by atoms with Crippen LogP contribution >= 0.6 is 0 Å². The molecule has 0 unspecified atom stereocenters. The summed E-state index contributed by atoms with van der Waals surface area (Å²) in [6.07, 6.45) is 0. The molecule has 1 N–H and O–H groups in total. The number of rotatable bonds is 5. The van der Waals surface area contributed by atoms with Crippen molar-refractivity contribution in [3.05, 3.63) is 29.3 Å². The fraction of sp³-hybridized carbons (Fsp3) is 0.571. The Morgan fingerprint density at radius 3 is 2.19 bits per heavy atom. The quantitative estimate of drug-likeness (QED) is 0.821. The second-order valence-corrected chi connectivity index (χ2v) is 4.88. The lowest BCUT2D eigenvalue weighted by atomic mass is 10.1. The standard InChI is InChI=1S/C14H24N2/c1-11(2)15-6-7-16(5)14-9-12(3)8-13(4)10-14/h8-11,15H,6-7H2,1-5H3. The van der Waals surface area contributed by atoms with E-state index in [2.05, 4.69) is 63.2 Å². The molecule has 16 heavy (non-hydrogen) atoms. The van der Waals surface area contributed by atoms with Crippen molar-refractivity contribution in [2.24, 2.45) is 0 Å². The average molecular weight is 220 g/mol. The van der Waals surface area contributed by atoms with Gasteiger partial charge in [0.2, 0.25) is 0 Å². The summed E-state index contributed by atoms with van der Waals surface area (Å²) in [6.45, 7) is 10.7. The Hall–Kier alpha value is -1.02. The van der Waals surface area contributed by atoms with Crippen LogP contribution in [-0.2, 0) is 0 Å². The molecule has 0 aliphatic heterocycles. The number of nitrogens with one attached hydrogen (secondary N) is 1. The lowest BCUT2D eigenvalue weighted by molar-refractivity contribution is 0.589. The number of hydrogen-bond donors (Lipinski definition) is 1. The van der Waals surface area contributed by atoms with Gasteiger partial charge >= 0.3 is 0 Å². The van der Waals surface area contributed by atoms with Crippen LogP contribution in [0.5, 0.6) is 0 Å². The minimum Gasteiger partial charge on any atom is -0.373 e. The summed E-state index contributed by atoms with van der Waals surface area (Å²) in [5.41, 5.74) is 3.97. The third-order valence-electron chi connectivity index (χ3n) is 2.65. The van der Waals surface area contributed by atoms with Gasteiger partial charge in [0.05, 0.1) is 0 Å². The van der Waals surface area contributed by atoms with E-state index in [-0.39, 0.29) is 0 Å². The highest BCUT2D eigenvalue weighted by atomic mass is 15.1. The number of anilines is 1. The summed E-state index contributed by atoms with van der Waals surface area (Å²) < 4.78 is 0. The van der Waals surface area contributed by atoms with Gasteiger partial charge < -0.3 is 10.2 Å². The van der Waals surface area contributed by atoms with Crippen LogP contribution in [-0.4, -0.2) is 26.2 Å². The lowest BCUT2D eigenvalue weighted by Crippen LogP contribution is -2.32. The zero-order valence-electron chi connectivity index (χ0n) is 11.2. The molecule has 90 valence electrons. The van der Waals surface area contributed by atoms with Gasteiger partial charge in [0.1, 0.15) is 0 Å². The molecule has 0 aromatic heterocycles. The second-order valence-electron chi connectivity index (χ2n) is 4.88. The summed E-state index contributed by atoms with van der Waals surface area (Å²) in [4.78, 5) is 2.30. The van der Waals surface area contributed by atoms with Crippen LogP contribution in [0.2, 0.25) is 0 Å². The molecule has 0 heterocycles. The smallest absolute Gasteiger partial charge is 0.0369 e. The van der Waals surface area contributed by atoms with Gasteiger partial charge in [-0.2, -0.15) is 0 Å². The van der Waals surface area contributed by atoms with Crippen molar-refractivity contribution in [3.63, 3.8) is 0 Å². The maximum Gasteiger partial charge on any atom is 0.0369 e. The summed E-state index contributed by atoms with van der Waals surface area (Å²) >= 11 is 0. The first-order valence-corrected chi connectivity index (χ1v) is 6.02. The first-order chi connectivity index (χ1) is 7.49. The van der Waals surface area contributed by atoms with Crippen molar-refractivity contribution >= 4 is 5.69 Å². The van der Waals surface area contributed by atoms with Gasteiger partial charge in [-0.15, -0.1) is 0 Å². The third-order valence-corrected chi connectivity index (χ3v) is 2.65. The van der Waals surface area contributed by atoms with Gasteiger partial charge in [-0.25, -0.2) is 0 Å². The van der Waals surface area contributed by atoms with Gasteiger partial charge in [-0.05, 0) is 37.1 Å². The molecule has 0 amide bonds. The largest absolute Gasteiger partial charge is 0.373 e. The predicted molar refractivity (Wildman–Crippen MR) is 72.3 cm³/mol. The Kier molecular flexibility index (Phi) is 4.81. The van der Waals surface area contributed by atoms with E-state index in [0.29, 0.717) is 6.04 Å². The van der Waals surface area contributed by atoms with Crippen molar-refractivity contribution in [3.8, 4) is 0 Å². The van der Waals surface area contributed by atoms with Crippen molar-refractivity contribution < 1.29 is 0 Å². The molecule has 1 aromatic carbocycles. The molecule has 0 fully saturated rings. The minimum atomic E-state index is 0.563. The van der Waals surface area contributed by atoms with E-state index < -0.39 is 0 Å². The van der Waals surface area contributed by atoms with Crippen LogP contribution < -0.4 is 10.2 Å². The monoisotopic (exact) mass is 220 g/mol. The van der Waals surface area contributed by atoms with Crippen LogP contribution in [0.15, 0.2) is 18.2 Å². The fourth-order valence-corrected chi connectivity index (χ4v) is 1.82. The fourth-order valence-electron chi connectivity index (χ4n) is 1.82. The maximum absolute atomic E-state index is 3.43. The van der Waals surface area contributed by atoms with Gasteiger partial charge in [0.15, 0.2) is 0 Å². The van der Waals surface area contributed by atoms with E-state index in [9.17, 15) is 0 Å². The summed E-state index contributed by atoms with van der Waals surface area (Å²) in [5, 5.41) is 3.43. The minimum absolute atomic E-state index is 0.563. The number of hydrogen-bond acceptors (Lipinski definition) is 2. The molecule has 0 radical (unpaired) electrons. The van der Waals surface area contributed by atoms with E-state index in [1.807, 2.05) is 0 Å². The molecule has 1 rings (SSSR count). The normalized spacial score (nSPS) is 10.9. The molecule has 0 aliphatic carbocycles. The highest BCUT2D eigenvalue weighted by Gasteiger charge is 2.02. The van der Waals surface area contributed by atoms with Crippen LogP contribution in [0.3, 0.4) is 0 Å². The van der Waals surface area contributed by atoms with E-state index in [1.165, 1.54) is 16.8 Å². The molecule has 1 aromatic rings. The van der Waals surface area contributed by atoms with Crippen LogP contribution in [0.25, 0.3) is 0 Å². The molecule has 2 nitrogen and oxygen atoms in total. The third kappa shape index (κ3) is 4.23. The van der Waals surface area contributed by atoms with Gasteiger partial charge in [-0.1, -0.05) is 19.9 Å².